The van der Waals surface area contributed by atoms with Crippen LogP contribution in [0.1, 0.15) is 66.3 Å². The molecule has 0 saturated heterocycles. The highest BCUT2D eigenvalue weighted by Crippen LogP contribution is 2.60. The summed E-state index contributed by atoms with van der Waals surface area (Å²) in [6, 6.07) is 2.65. The summed E-state index contributed by atoms with van der Waals surface area (Å²) in [5, 5.41) is 0. The number of hydrogen-bond donors (Lipinski definition) is 1. The van der Waals surface area contributed by atoms with Crippen LogP contribution in [-0.2, 0) is 0 Å². The third-order valence-corrected chi connectivity index (χ3v) is 7.19. The molecule has 0 spiro atoms. The molecule has 1 aromatic heterocycles. The molecule has 1 aromatic rings. The summed E-state index contributed by atoms with van der Waals surface area (Å²) in [5.41, 5.74) is 7.51. The van der Waals surface area contributed by atoms with E-state index in [1.54, 1.807) is 11.3 Å². The Morgan fingerprint density at radius 2 is 1.68 bits per heavy atom. The van der Waals surface area contributed by atoms with E-state index in [9.17, 15) is 0 Å². The third kappa shape index (κ3) is 1.91. The second-order valence-electron chi connectivity index (χ2n) is 7.41. The Morgan fingerprint density at radius 1 is 1.11 bits per heavy atom. The lowest BCUT2D eigenvalue weighted by atomic mass is 9.51. The van der Waals surface area contributed by atoms with Crippen molar-refractivity contribution in [1.29, 1.82) is 0 Å². The van der Waals surface area contributed by atoms with Crippen LogP contribution in [0.5, 0.6) is 0 Å². The van der Waals surface area contributed by atoms with Gasteiger partial charge in [-0.2, -0.15) is 0 Å². The molecule has 19 heavy (non-hydrogen) atoms. The topological polar surface area (TPSA) is 26.0 Å². The minimum Gasteiger partial charge on any atom is -0.324 e. The molecule has 1 heterocycles. The van der Waals surface area contributed by atoms with Gasteiger partial charge in [-0.1, -0.05) is 0 Å². The highest BCUT2D eigenvalue weighted by molar-refractivity contribution is 7.12. The van der Waals surface area contributed by atoms with Gasteiger partial charge in [-0.25, -0.2) is 0 Å². The van der Waals surface area contributed by atoms with Gasteiger partial charge in [0.05, 0.1) is 0 Å². The Labute approximate surface area is 120 Å². The van der Waals surface area contributed by atoms with Crippen molar-refractivity contribution >= 4 is 11.3 Å². The highest BCUT2D eigenvalue weighted by atomic mass is 32.1. The van der Waals surface area contributed by atoms with Crippen molar-refractivity contribution in [2.75, 3.05) is 0 Å². The van der Waals surface area contributed by atoms with Gasteiger partial charge in [0, 0.05) is 15.8 Å². The van der Waals surface area contributed by atoms with Gasteiger partial charge in [0.1, 0.15) is 0 Å². The summed E-state index contributed by atoms with van der Waals surface area (Å²) in [5.74, 6) is 5.02. The second kappa shape index (κ2) is 4.33. The molecule has 0 aromatic carbocycles. The second-order valence-corrected chi connectivity index (χ2v) is 8.69. The van der Waals surface area contributed by atoms with Gasteiger partial charge in [0.15, 0.2) is 0 Å². The number of rotatable bonds is 2. The van der Waals surface area contributed by atoms with Crippen LogP contribution in [0.3, 0.4) is 0 Å². The van der Waals surface area contributed by atoms with Crippen LogP contribution in [0.15, 0.2) is 6.07 Å². The van der Waals surface area contributed by atoms with Crippen molar-refractivity contribution in [3.05, 3.63) is 21.4 Å². The quantitative estimate of drug-likeness (QED) is 0.837. The predicted molar refractivity (Wildman–Crippen MR) is 81.4 cm³/mol. The lowest BCUT2D eigenvalue weighted by molar-refractivity contribution is -0.00162. The van der Waals surface area contributed by atoms with Crippen LogP contribution in [0.25, 0.3) is 0 Å². The van der Waals surface area contributed by atoms with Crippen LogP contribution in [0.4, 0.5) is 0 Å². The van der Waals surface area contributed by atoms with E-state index in [4.69, 9.17) is 5.73 Å². The van der Waals surface area contributed by atoms with E-state index in [0.717, 1.165) is 29.6 Å². The Bertz CT molecular complexity index is 459. The van der Waals surface area contributed by atoms with Crippen LogP contribution < -0.4 is 5.73 Å². The molecule has 1 unspecified atom stereocenters. The summed E-state index contributed by atoms with van der Waals surface area (Å²) < 4.78 is 0. The standard InChI is InChI=1S/C17H25NS/c1-9(18)15-8-16(19-10(15)2)17-13-4-11-3-12(6-13)7-14(17)5-11/h8-9,11-14,17H,3-7,18H2,1-2H3. The maximum Gasteiger partial charge on any atom is 0.0277 e. The highest BCUT2D eigenvalue weighted by Gasteiger charge is 2.49. The largest absolute Gasteiger partial charge is 0.324 e. The number of nitrogens with two attached hydrogens (primary N) is 1. The zero-order valence-electron chi connectivity index (χ0n) is 12.1. The first-order valence-corrected chi connectivity index (χ1v) is 8.79. The molecule has 4 saturated carbocycles. The lowest BCUT2D eigenvalue weighted by Crippen LogP contribution is -2.43. The molecule has 0 amide bonds. The maximum atomic E-state index is 6.11. The Kier molecular flexibility index (Phi) is 2.82. The van der Waals surface area contributed by atoms with Crippen molar-refractivity contribution < 1.29 is 0 Å². The number of hydrogen-bond acceptors (Lipinski definition) is 2. The van der Waals surface area contributed by atoms with Gasteiger partial charge in [-0.15, -0.1) is 11.3 Å². The van der Waals surface area contributed by atoms with Gasteiger partial charge in [-0.3, -0.25) is 0 Å². The summed E-state index contributed by atoms with van der Waals surface area (Å²) >= 11 is 2.04. The zero-order chi connectivity index (χ0) is 13.1. The minimum absolute atomic E-state index is 0.196. The van der Waals surface area contributed by atoms with Crippen molar-refractivity contribution in [2.24, 2.45) is 29.4 Å². The molecule has 104 valence electrons. The van der Waals surface area contributed by atoms with Crippen LogP contribution >= 0.6 is 11.3 Å². The monoisotopic (exact) mass is 275 g/mol. The molecular weight excluding hydrogens is 250 g/mol. The molecular formula is C17H25NS. The Hall–Kier alpha value is -0.340. The van der Waals surface area contributed by atoms with Gasteiger partial charge in [-0.05, 0) is 87.2 Å². The summed E-state index contributed by atoms with van der Waals surface area (Å²) in [6.45, 7) is 4.37. The molecule has 4 aliphatic carbocycles. The molecule has 4 aliphatic rings. The van der Waals surface area contributed by atoms with Crippen LogP contribution in [0, 0.1) is 30.6 Å². The van der Waals surface area contributed by atoms with Crippen molar-refractivity contribution in [3.63, 3.8) is 0 Å². The van der Waals surface area contributed by atoms with Crippen LogP contribution in [-0.4, -0.2) is 0 Å². The minimum atomic E-state index is 0.196. The Morgan fingerprint density at radius 3 is 2.16 bits per heavy atom. The fourth-order valence-corrected chi connectivity index (χ4v) is 6.95. The van der Waals surface area contributed by atoms with E-state index < -0.39 is 0 Å². The van der Waals surface area contributed by atoms with Crippen molar-refractivity contribution in [3.8, 4) is 0 Å². The first kappa shape index (κ1) is 12.4. The summed E-state index contributed by atoms with van der Waals surface area (Å²) in [4.78, 5) is 3.12. The molecule has 5 rings (SSSR count). The first-order valence-electron chi connectivity index (χ1n) is 7.97. The molecule has 4 fully saturated rings. The zero-order valence-corrected chi connectivity index (χ0v) is 12.9. The summed E-state index contributed by atoms with van der Waals surface area (Å²) in [7, 11) is 0. The van der Waals surface area contributed by atoms with E-state index in [0.29, 0.717) is 0 Å². The fourth-order valence-electron chi connectivity index (χ4n) is 5.53. The smallest absolute Gasteiger partial charge is 0.0277 e. The van der Waals surface area contributed by atoms with E-state index in [1.807, 2.05) is 11.3 Å². The van der Waals surface area contributed by atoms with Gasteiger partial charge in [0.2, 0.25) is 0 Å². The molecule has 2 heteroatoms. The Balaban J connectivity index is 1.67. The first-order chi connectivity index (χ1) is 9.11. The van der Waals surface area contributed by atoms with Gasteiger partial charge >= 0.3 is 0 Å². The average molecular weight is 275 g/mol. The maximum absolute atomic E-state index is 6.11. The van der Waals surface area contributed by atoms with Gasteiger partial charge < -0.3 is 5.73 Å². The van der Waals surface area contributed by atoms with E-state index in [1.165, 1.54) is 36.1 Å². The molecule has 4 bridgehead atoms. The lowest BCUT2D eigenvalue weighted by Gasteiger charge is -2.54. The number of thiophene rings is 1. The van der Waals surface area contributed by atoms with Crippen molar-refractivity contribution in [2.45, 2.75) is 57.9 Å². The third-order valence-electron chi connectivity index (χ3n) is 6.02. The van der Waals surface area contributed by atoms with E-state index in [-0.39, 0.29) is 6.04 Å². The van der Waals surface area contributed by atoms with Gasteiger partial charge in [0.25, 0.3) is 0 Å². The van der Waals surface area contributed by atoms with E-state index in [2.05, 4.69) is 19.9 Å². The summed E-state index contributed by atoms with van der Waals surface area (Å²) in [6.07, 6.45) is 7.61. The normalized spacial score (nSPS) is 41.7. The molecule has 1 atom stereocenters. The van der Waals surface area contributed by atoms with E-state index >= 15 is 0 Å². The molecule has 1 nitrogen and oxygen atoms in total. The van der Waals surface area contributed by atoms with Crippen molar-refractivity contribution in [1.82, 2.24) is 0 Å². The fraction of sp³-hybridized carbons (Fsp3) is 0.765. The molecule has 2 N–H and O–H groups in total. The molecule has 0 radical (unpaired) electrons. The molecule has 0 aliphatic heterocycles. The number of aryl methyl sites for hydroxylation is 1. The SMILES string of the molecule is Cc1sc(C2C3CC4CC(C3)CC2C4)cc1C(C)N. The predicted octanol–water partition coefficient (Wildman–Crippen LogP) is 4.62. The van der Waals surface area contributed by atoms with Crippen LogP contribution in [0.2, 0.25) is 0 Å². The average Bonchev–Trinajstić information content (AvgIpc) is 2.69.